The van der Waals surface area contributed by atoms with E-state index >= 15 is 0 Å². The lowest BCUT2D eigenvalue weighted by molar-refractivity contribution is -0.116. The van der Waals surface area contributed by atoms with Crippen molar-refractivity contribution in [2.75, 3.05) is 17.7 Å². The van der Waals surface area contributed by atoms with E-state index in [4.69, 9.17) is 4.74 Å². The summed E-state index contributed by atoms with van der Waals surface area (Å²) in [5, 5.41) is 10.2. The van der Waals surface area contributed by atoms with Gasteiger partial charge in [0.25, 0.3) is 5.91 Å². The summed E-state index contributed by atoms with van der Waals surface area (Å²) >= 11 is 0. The van der Waals surface area contributed by atoms with Crippen LogP contribution in [0.15, 0.2) is 71.8 Å². The van der Waals surface area contributed by atoms with Gasteiger partial charge < -0.3 is 20.4 Å². The zero-order valence-electron chi connectivity index (χ0n) is 16.6. The van der Waals surface area contributed by atoms with Gasteiger partial charge in [-0.3, -0.25) is 19.1 Å². The third kappa shape index (κ3) is 4.61. The molecule has 0 atom stereocenters. The van der Waals surface area contributed by atoms with Crippen molar-refractivity contribution in [2.24, 2.45) is 0 Å². The smallest absolute Gasteiger partial charge is 0.256 e. The molecule has 0 bridgehead atoms. The van der Waals surface area contributed by atoms with E-state index in [1.54, 1.807) is 61.8 Å². The summed E-state index contributed by atoms with van der Waals surface area (Å²) in [7, 11) is 1.57. The number of methoxy groups -OCH3 is 1. The number of hydrogen-bond acceptors (Lipinski definition) is 5. The molecular weight excluding hydrogens is 398 g/mol. The van der Waals surface area contributed by atoms with E-state index in [1.165, 1.54) is 16.9 Å². The molecule has 0 aliphatic carbocycles. The van der Waals surface area contributed by atoms with Crippen molar-refractivity contribution in [2.45, 2.75) is 6.54 Å². The third-order valence-electron chi connectivity index (χ3n) is 4.57. The molecule has 0 saturated carbocycles. The minimum absolute atomic E-state index is 0.0319. The SMILES string of the molecule is COc1ccc(NC(=O)Cn2cc(NC(=O)c3cc(=O)[nH]c4ccccc34)cn2)cc1. The number of aromatic nitrogens is 3. The number of H-pyrrole nitrogens is 1. The summed E-state index contributed by atoms with van der Waals surface area (Å²) in [4.78, 5) is 39.5. The maximum absolute atomic E-state index is 12.7. The van der Waals surface area contributed by atoms with E-state index in [0.717, 1.165) is 0 Å². The fraction of sp³-hybridized carbons (Fsp3) is 0.0909. The first-order chi connectivity index (χ1) is 15.0. The van der Waals surface area contributed by atoms with Crippen LogP contribution in [-0.2, 0) is 11.3 Å². The standard InChI is InChI=1S/C22H19N5O4/c1-31-16-8-6-14(7-9-16)24-21(29)13-27-12-15(11-23-27)25-22(30)18-10-20(28)26-19-5-3-2-4-17(18)19/h2-12H,13H2,1H3,(H,24,29)(H,25,30)(H,26,28). The van der Waals surface area contributed by atoms with E-state index < -0.39 is 5.91 Å². The number of carbonyl (C=O) groups is 2. The van der Waals surface area contributed by atoms with E-state index in [9.17, 15) is 14.4 Å². The van der Waals surface area contributed by atoms with Gasteiger partial charge in [-0.2, -0.15) is 5.10 Å². The van der Waals surface area contributed by atoms with Crippen molar-refractivity contribution in [3.63, 3.8) is 0 Å². The summed E-state index contributed by atoms with van der Waals surface area (Å²) in [6, 6.07) is 15.3. The number of rotatable bonds is 6. The number of nitrogens with one attached hydrogen (secondary N) is 3. The Morgan fingerprint density at radius 3 is 2.61 bits per heavy atom. The number of para-hydroxylation sites is 1. The lowest BCUT2D eigenvalue weighted by atomic mass is 10.1. The summed E-state index contributed by atoms with van der Waals surface area (Å²) in [5.41, 5.74) is 1.50. The van der Waals surface area contributed by atoms with E-state index in [1.807, 2.05) is 0 Å². The third-order valence-corrected chi connectivity index (χ3v) is 4.57. The summed E-state index contributed by atoms with van der Waals surface area (Å²) in [5.74, 6) is -0.0186. The number of aromatic amines is 1. The van der Waals surface area contributed by atoms with Crippen LogP contribution >= 0.6 is 0 Å². The minimum Gasteiger partial charge on any atom is -0.497 e. The van der Waals surface area contributed by atoms with Gasteiger partial charge in [0.1, 0.15) is 12.3 Å². The highest BCUT2D eigenvalue weighted by Gasteiger charge is 2.13. The van der Waals surface area contributed by atoms with Crippen LogP contribution in [0.5, 0.6) is 5.75 Å². The minimum atomic E-state index is -0.440. The van der Waals surface area contributed by atoms with Gasteiger partial charge in [0.2, 0.25) is 11.5 Å². The highest BCUT2D eigenvalue weighted by atomic mass is 16.5. The molecule has 2 amide bonds. The van der Waals surface area contributed by atoms with Crippen LogP contribution in [0.4, 0.5) is 11.4 Å². The predicted molar refractivity (Wildman–Crippen MR) is 116 cm³/mol. The lowest BCUT2D eigenvalue weighted by Gasteiger charge is -2.07. The normalized spacial score (nSPS) is 10.6. The molecule has 0 fully saturated rings. The van der Waals surface area contributed by atoms with Gasteiger partial charge in [0, 0.05) is 28.9 Å². The van der Waals surface area contributed by atoms with Gasteiger partial charge in [-0.05, 0) is 30.3 Å². The molecule has 3 N–H and O–H groups in total. The first-order valence-electron chi connectivity index (χ1n) is 9.41. The molecule has 0 unspecified atom stereocenters. The van der Waals surface area contributed by atoms with Crippen molar-refractivity contribution < 1.29 is 14.3 Å². The topological polar surface area (TPSA) is 118 Å². The molecule has 2 aromatic carbocycles. The lowest BCUT2D eigenvalue weighted by Crippen LogP contribution is -2.19. The number of fused-ring (bicyclic) bond motifs is 1. The number of amides is 2. The Morgan fingerprint density at radius 2 is 1.84 bits per heavy atom. The molecule has 4 rings (SSSR count). The van der Waals surface area contributed by atoms with Gasteiger partial charge in [-0.15, -0.1) is 0 Å². The largest absolute Gasteiger partial charge is 0.497 e. The Morgan fingerprint density at radius 1 is 1.06 bits per heavy atom. The first-order valence-corrected chi connectivity index (χ1v) is 9.41. The number of anilines is 2. The van der Waals surface area contributed by atoms with E-state index in [-0.39, 0.29) is 23.6 Å². The Balaban J connectivity index is 1.42. The van der Waals surface area contributed by atoms with Gasteiger partial charge >= 0.3 is 0 Å². The van der Waals surface area contributed by atoms with E-state index in [0.29, 0.717) is 28.0 Å². The number of benzene rings is 2. The van der Waals surface area contributed by atoms with Crippen molar-refractivity contribution in [3.05, 3.63) is 82.9 Å². The molecule has 0 radical (unpaired) electrons. The second-order valence-electron chi connectivity index (χ2n) is 6.75. The molecule has 9 nitrogen and oxygen atoms in total. The Hall–Kier alpha value is -4.40. The molecule has 2 aromatic heterocycles. The summed E-state index contributed by atoms with van der Waals surface area (Å²) in [6.07, 6.45) is 2.98. The highest BCUT2D eigenvalue weighted by Crippen LogP contribution is 2.17. The number of ether oxygens (including phenoxy) is 1. The van der Waals surface area contributed by atoms with Crippen LogP contribution in [0.3, 0.4) is 0 Å². The molecule has 2 heterocycles. The van der Waals surface area contributed by atoms with Crippen LogP contribution in [0, 0.1) is 0 Å². The van der Waals surface area contributed by atoms with Crippen LogP contribution in [0.25, 0.3) is 10.9 Å². The van der Waals surface area contributed by atoms with Crippen LogP contribution < -0.4 is 20.9 Å². The molecule has 156 valence electrons. The monoisotopic (exact) mass is 417 g/mol. The Kier molecular flexibility index (Phi) is 5.48. The second kappa shape index (κ2) is 8.54. The van der Waals surface area contributed by atoms with Crippen molar-refractivity contribution in [3.8, 4) is 5.75 Å². The Bertz CT molecular complexity index is 1310. The number of hydrogen-bond donors (Lipinski definition) is 3. The van der Waals surface area contributed by atoms with Gasteiger partial charge in [0.05, 0.1) is 24.6 Å². The molecule has 0 aliphatic rings. The van der Waals surface area contributed by atoms with Crippen molar-refractivity contribution in [1.82, 2.24) is 14.8 Å². The number of pyridine rings is 1. The van der Waals surface area contributed by atoms with Crippen molar-refractivity contribution in [1.29, 1.82) is 0 Å². The number of carbonyl (C=O) groups excluding carboxylic acids is 2. The van der Waals surface area contributed by atoms with Gasteiger partial charge in [-0.25, -0.2) is 0 Å². The maximum atomic E-state index is 12.7. The van der Waals surface area contributed by atoms with Crippen molar-refractivity contribution >= 4 is 34.1 Å². The first kappa shape index (κ1) is 19.9. The van der Waals surface area contributed by atoms with E-state index in [2.05, 4.69) is 20.7 Å². The number of nitrogens with zero attached hydrogens (tertiary/aromatic N) is 2. The van der Waals surface area contributed by atoms with Gasteiger partial charge in [0.15, 0.2) is 0 Å². The maximum Gasteiger partial charge on any atom is 0.256 e. The molecule has 9 heteroatoms. The zero-order chi connectivity index (χ0) is 21.8. The average molecular weight is 417 g/mol. The van der Waals surface area contributed by atoms with Crippen LogP contribution in [0.1, 0.15) is 10.4 Å². The molecule has 31 heavy (non-hydrogen) atoms. The molecule has 0 saturated heterocycles. The predicted octanol–water partition coefficient (Wildman–Crippen LogP) is 2.62. The highest BCUT2D eigenvalue weighted by molar-refractivity contribution is 6.12. The molecule has 0 spiro atoms. The van der Waals surface area contributed by atoms with Gasteiger partial charge in [-0.1, -0.05) is 18.2 Å². The Labute approximate surface area is 176 Å². The fourth-order valence-electron chi connectivity index (χ4n) is 3.13. The molecule has 0 aliphatic heterocycles. The summed E-state index contributed by atoms with van der Waals surface area (Å²) in [6.45, 7) is -0.0319. The summed E-state index contributed by atoms with van der Waals surface area (Å²) < 4.78 is 6.49. The molecule has 4 aromatic rings. The zero-order valence-corrected chi connectivity index (χ0v) is 16.6. The second-order valence-corrected chi connectivity index (χ2v) is 6.75. The molecular formula is C22H19N5O4. The average Bonchev–Trinajstić information content (AvgIpc) is 3.20. The van der Waals surface area contributed by atoms with Crippen LogP contribution in [0.2, 0.25) is 0 Å². The quantitative estimate of drug-likeness (QED) is 0.446. The van der Waals surface area contributed by atoms with Crippen LogP contribution in [-0.4, -0.2) is 33.7 Å². The fourth-order valence-corrected chi connectivity index (χ4v) is 3.13.